The highest BCUT2D eigenvalue weighted by molar-refractivity contribution is 6.30. The fraction of sp³-hybridized carbons (Fsp3) is 0.448. The lowest BCUT2D eigenvalue weighted by Crippen LogP contribution is -2.52. The number of halogens is 3. The largest absolute Gasteiger partial charge is 0.493 e. The highest BCUT2D eigenvalue weighted by Crippen LogP contribution is 2.51. The predicted molar refractivity (Wildman–Crippen MR) is 149 cm³/mol. The molecule has 11 heteroatoms. The van der Waals surface area contributed by atoms with E-state index >= 15 is 0 Å². The molecule has 1 aromatic heterocycles. The van der Waals surface area contributed by atoms with Gasteiger partial charge in [-0.2, -0.15) is 5.10 Å². The summed E-state index contributed by atoms with van der Waals surface area (Å²) in [4.78, 5) is 15.3. The smallest absolute Gasteiger partial charge is 0.319 e. The Morgan fingerprint density at radius 3 is 2.58 bits per heavy atom. The third-order valence-corrected chi connectivity index (χ3v) is 8.95. The molecule has 2 aromatic carbocycles. The van der Waals surface area contributed by atoms with Gasteiger partial charge in [0, 0.05) is 48.4 Å². The van der Waals surface area contributed by atoms with Gasteiger partial charge in [-0.25, -0.2) is 13.6 Å². The molecule has 0 bridgehead atoms. The van der Waals surface area contributed by atoms with Gasteiger partial charge in [-0.3, -0.25) is 9.58 Å². The maximum Gasteiger partial charge on any atom is 0.319 e. The molecule has 1 saturated heterocycles. The molecule has 2 heterocycles. The number of benzene rings is 2. The molecule has 5 rings (SSSR count). The number of fused-ring (bicyclic) bond motifs is 1. The number of aromatic nitrogens is 2. The normalized spacial score (nSPS) is 22.6. The molecule has 1 aliphatic carbocycles. The number of ether oxygens (including phenoxy) is 2. The maximum absolute atomic E-state index is 13.6. The molecule has 3 aromatic rings. The van der Waals surface area contributed by atoms with Gasteiger partial charge in [-0.15, -0.1) is 0 Å². The summed E-state index contributed by atoms with van der Waals surface area (Å²) < 4.78 is 39.8. The highest BCUT2D eigenvalue weighted by atomic mass is 35.5. The van der Waals surface area contributed by atoms with Crippen molar-refractivity contribution in [3.05, 3.63) is 70.0 Å². The first-order valence-electron chi connectivity index (χ1n) is 13.3. The number of likely N-dealkylation sites (tertiary alicyclic amines) is 1. The SMILES string of the molecule is COc1ccc([C@@]23CC[C@H](NC(=O)Nc4ccc(F)c(F)c4)C[C@H]2N(Cc2c(C)nn(C)c2Cl)CC3)cc1OC. The van der Waals surface area contributed by atoms with E-state index in [0.717, 1.165) is 49.2 Å². The molecular formula is C29H34ClF2N5O3. The van der Waals surface area contributed by atoms with Crippen LogP contribution in [0.5, 0.6) is 11.5 Å². The minimum atomic E-state index is -1.01. The van der Waals surface area contributed by atoms with E-state index in [1.165, 1.54) is 11.6 Å². The van der Waals surface area contributed by atoms with Crippen molar-refractivity contribution >= 4 is 23.3 Å². The van der Waals surface area contributed by atoms with Crippen LogP contribution in [0.1, 0.15) is 42.5 Å². The van der Waals surface area contributed by atoms with Gasteiger partial charge in [0.2, 0.25) is 0 Å². The second-order valence-corrected chi connectivity index (χ2v) is 11.0. The number of amides is 2. The summed E-state index contributed by atoms with van der Waals surface area (Å²) in [5.74, 6) is -0.615. The zero-order valence-electron chi connectivity index (χ0n) is 23.1. The Morgan fingerprint density at radius 1 is 1.12 bits per heavy atom. The molecule has 40 heavy (non-hydrogen) atoms. The summed E-state index contributed by atoms with van der Waals surface area (Å²) in [7, 11) is 5.10. The number of urea groups is 1. The van der Waals surface area contributed by atoms with E-state index in [1.54, 1.807) is 18.9 Å². The first-order chi connectivity index (χ1) is 19.1. The number of carbonyl (C=O) groups is 1. The number of hydrogen-bond acceptors (Lipinski definition) is 5. The van der Waals surface area contributed by atoms with Crippen molar-refractivity contribution in [3.8, 4) is 11.5 Å². The predicted octanol–water partition coefficient (Wildman–Crippen LogP) is 5.56. The topological polar surface area (TPSA) is 80.7 Å². The Labute approximate surface area is 237 Å². The van der Waals surface area contributed by atoms with E-state index in [0.29, 0.717) is 29.6 Å². The van der Waals surface area contributed by atoms with Crippen LogP contribution in [0.15, 0.2) is 36.4 Å². The van der Waals surface area contributed by atoms with Crippen molar-refractivity contribution in [2.45, 2.75) is 56.7 Å². The van der Waals surface area contributed by atoms with Crippen molar-refractivity contribution in [3.63, 3.8) is 0 Å². The van der Waals surface area contributed by atoms with Gasteiger partial charge >= 0.3 is 6.03 Å². The van der Waals surface area contributed by atoms with Crippen LogP contribution in [0.3, 0.4) is 0 Å². The molecule has 2 fully saturated rings. The zero-order valence-corrected chi connectivity index (χ0v) is 23.8. The van der Waals surface area contributed by atoms with E-state index in [1.807, 2.05) is 20.0 Å². The lowest BCUT2D eigenvalue weighted by Gasteiger charge is -2.45. The molecular weight excluding hydrogens is 540 g/mol. The molecule has 0 unspecified atom stereocenters. The molecule has 0 radical (unpaired) electrons. The van der Waals surface area contributed by atoms with Gasteiger partial charge in [0.25, 0.3) is 0 Å². The van der Waals surface area contributed by atoms with Crippen LogP contribution in [0.4, 0.5) is 19.3 Å². The van der Waals surface area contributed by atoms with Crippen LogP contribution in [0, 0.1) is 18.6 Å². The number of anilines is 1. The van der Waals surface area contributed by atoms with Crippen LogP contribution in [-0.2, 0) is 19.0 Å². The summed E-state index contributed by atoms with van der Waals surface area (Å²) in [6.45, 7) is 3.47. The van der Waals surface area contributed by atoms with Crippen LogP contribution in [-0.4, -0.2) is 53.6 Å². The fourth-order valence-corrected chi connectivity index (χ4v) is 6.67. The minimum Gasteiger partial charge on any atom is -0.493 e. The molecule has 2 N–H and O–H groups in total. The van der Waals surface area contributed by atoms with E-state index in [-0.39, 0.29) is 23.2 Å². The third-order valence-electron chi connectivity index (χ3n) is 8.47. The molecule has 0 spiro atoms. The molecule has 3 atom stereocenters. The van der Waals surface area contributed by atoms with E-state index < -0.39 is 17.7 Å². The first-order valence-corrected chi connectivity index (χ1v) is 13.7. The van der Waals surface area contributed by atoms with Gasteiger partial charge in [0.1, 0.15) is 5.15 Å². The molecule has 1 aliphatic heterocycles. The second kappa shape index (κ2) is 11.2. The number of aryl methyl sites for hydroxylation is 2. The van der Waals surface area contributed by atoms with E-state index in [4.69, 9.17) is 21.1 Å². The van der Waals surface area contributed by atoms with Crippen molar-refractivity contribution in [2.75, 3.05) is 26.1 Å². The minimum absolute atomic E-state index is 0.101. The molecule has 2 aliphatic rings. The summed E-state index contributed by atoms with van der Waals surface area (Å²) in [5, 5.41) is 10.8. The average molecular weight is 574 g/mol. The van der Waals surface area contributed by atoms with Gasteiger partial charge in [-0.1, -0.05) is 17.7 Å². The Kier molecular flexibility index (Phi) is 7.92. The Hall–Kier alpha value is -3.37. The number of nitrogens with zero attached hydrogens (tertiary/aromatic N) is 3. The van der Waals surface area contributed by atoms with Crippen LogP contribution < -0.4 is 20.1 Å². The molecule has 214 valence electrons. The van der Waals surface area contributed by atoms with Crippen molar-refractivity contribution in [2.24, 2.45) is 7.05 Å². The van der Waals surface area contributed by atoms with Crippen LogP contribution >= 0.6 is 11.6 Å². The van der Waals surface area contributed by atoms with Gasteiger partial charge < -0.3 is 20.1 Å². The Bertz CT molecular complexity index is 1420. The third kappa shape index (κ3) is 5.22. The summed E-state index contributed by atoms with van der Waals surface area (Å²) in [6, 6.07) is 8.96. The summed E-state index contributed by atoms with van der Waals surface area (Å²) in [5.41, 5.74) is 3.11. The lowest BCUT2D eigenvalue weighted by molar-refractivity contribution is 0.131. The maximum atomic E-state index is 13.6. The number of carbonyl (C=O) groups excluding carboxylic acids is 1. The Morgan fingerprint density at radius 2 is 1.90 bits per heavy atom. The average Bonchev–Trinajstić information content (AvgIpc) is 3.42. The second-order valence-electron chi connectivity index (χ2n) is 10.6. The summed E-state index contributed by atoms with van der Waals surface area (Å²) >= 11 is 6.62. The number of hydrogen-bond donors (Lipinski definition) is 2. The molecule has 8 nitrogen and oxygen atoms in total. The first kappa shape index (κ1) is 28.2. The monoisotopic (exact) mass is 573 g/mol. The molecule has 2 amide bonds. The Balaban J connectivity index is 1.41. The molecule has 1 saturated carbocycles. The van der Waals surface area contributed by atoms with E-state index in [2.05, 4.69) is 32.8 Å². The van der Waals surface area contributed by atoms with Crippen LogP contribution in [0.25, 0.3) is 0 Å². The van der Waals surface area contributed by atoms with Crippen molar-refractivity contribution < 1.29 is 23.0 Å². The van der Waals surface area contributed by atoms with Gasteiger partial charge in [0.05, 0.1) is 19.9 Å². The number of methoxy groups -OCH3 is 2. The van der Waals surface area contributed by atoms with Gasteiger partial charge in [0.15, 0.2) is 23.1 Å². The van der Waals surface area contributed by atoms with E-state index in [9.17, 15) is 13.6 Å². The number of rotatable bonds is 7. The quantitative estimate of drug-likeness (QED) is 0.387. The zero-order chi connectivity index (χ0) is 28.6. The van der Waals surface area contributed by atoms with Crippen molar-refractivity contribution in [1.82, 2.24) is 20.0 Å². The summed E-state index contributed by atoms with van der Waals surface area (Å²) in [6.07, 6.45) is 3.25. The van der Waals surface area contributed by atoms with Crippen LogP contribution in [0.2, 0.25) is 5.15 Å². The van der Waals surface area contributed by atoms with Gasteiger partial charge in [-0.05, 0) is 69.0 Å². The highest BCUT2D eigenvalue weighted by Gasteiger charge is 2.52. The standard InChI is InChI=1S/C29H34ClF2N5O3/c1-17-21(27(30)36(2)35-17)16-37-12-11-29(18-5-8-24(39-3)25(13-18)40-4)10-9-20(15-26(29)37)34-28(38)33-19-6-7-22(31)23(32)14-19/h5-8,13-14,20,26H,9-12,15-16H2,1-4H3,(H2,33,34,38)/t20-,26+,29-/m0/s1. The lowest BCUT2D eigenvalue weighted by atomic mass is 9.65. The number of nitrogens with one attached hydrogen (secondary N) is 2. The van der Waals surface area contributed by atoms with Crippen molar-refractivity contribution in [1.29, 1.82) is 0 Å². The fourth-order valence-electron chi connectivity index (χ4n) is 6.43.